The minimum Gasteiger partial charge on any atom is -0.455 e. The number of hydrogen-bond acceptors (Lipinski definition) is 8. The van der Waals surface area contributed by atoms with Crippen LogP contribution in [0.25, 0.3) is 0 Å². The van der Waals surface area contributed by atoms with Gasteiger partial charge < -0.3 is 23.8 Å². The van der Waals surface area contributed by atoms with E-state index in [2.05, 4.69) is 18.7 Å². The Bertz CT molecular complexity index is 878. The molecule has 0 N–H and O–H groups in total. The van der Waals surface area contributed by atoms with Gasteiger partial charge in [-0.1, -0.05) is 206 Å². The SMILES string of the molecule is CCCCCCCCCCCCCCCCCCN(CCCCCCCCCCCCCCCCCC)C[C@H]1O[C@@H](OC(C)=O)[C@H](OC(C)=O)[C@@H]1OC(C)=O. The number of rotatable bonds is 39. The van der Waals surface area contributed by atoms with Crippen molar-refractivity contribution in [3.8, 4) is 0 Å². The first-order valence-electron chi connectivity index (χ1n) is 23.7. The first-order valence-corrected chi connectivity index (χ1v) is 23.7. The molecule has 1 saturated heterocycles. The first kappa shape index (κ1) is 51.3. The maximum absolute atomic E-state index is 12.1. The lowest BCUT2D eigenvalue weighted by atomic mass is 10.0. The van der Waals surface area contributed by atoms with Crippen LogP contribution in [0, 0.1) is 0 Å². The number of carbonyl (C=O) groups is 3. The van der Waals surface area contributed by atoms with Gasteiger partial charge >= 0.3 is 17.9 Å². The van der Waals surface area contributed by atoms with Crippen LogP contribution in [0.5, 0.6) is 0 Å². The summed E-state index contributed by atoms with van der Waals surface area (Å²) in [6.45, 7) is 10.9. The second-order valence-corrected chi connectivity index (χ2v) is 16.7. The second kappa shape index (κ2) is 36.7. The van der Waals surface area contributed by atoms with Gasteiger partial charge in [-0.2, -0.15) is 0 Å². The van der Waals surface area contributed by atoms with Gasteiger partial charge in [0.15, 0.2) is 6.10 Å². The lowest BCUT2D eigenvalue weighted by Gasteiger charge is -2.28. The zero-order valence-corrected chi connectivity index (χ0v) is 36.9. The molecule has 0 amide bonds. The maximum Gasteiger partial charge on any atom is 0.305 e. The lowest BCUT2D eigenvalue weighted by Crippen LogP contribution is -2.44. The molecule has 1 heterocycles. The third kappa shape index (κ3) is 30.1. The second-order valence-electron chi connectivity index (χ2n) is 16.7. The number of nitrogens with zero attached hydrogens (tertiary/aromatic N) is 1. The van der Waals surface area contributed by atoms with Gasteiger partial charge in [0.05, 0.1) is 0 Å². The van der Waals surface area contributed by atoms with Crippen molar-refractivity contribution in [2.45, 2.75) is 265 Å². The summed E-state index contributed by atoms with van der Waals surface area (Å²) < 4.78 is 22.7. The largest absolute Gasteiger partial charge is 0.455 e. The molecule has 0 saturated carbocycles. The first-order chi connectivity index (χ1) is 26.8. The Kier molecular flexibility index (Phi) is 34.2. The Hall–Kier alpha value is -1.67. The molecule has 0 spiro atoms. The van der Waals surface area contributed by atoms with E-state index in [4.69, 9.17) is 18.9 Å². The maximum atomic E-state index is 12.1. The molecule has 0 unspecified atom stereocenters. The van der Waals surface area contributed by atoms with E-state index >= 15 is 0 Å². The molecule has 324 valence electrons. The van der Waals surface area contributed by atoms with E-state index in [0.29, 0.717) is 6.54 Å². The van der Waals surface area contributed by atoms with E-state index in [1.807, 2.05) is 0 Å². The Balaban J connectivity index is 2.47. The lowest BCUT2D eigenvalue weighted by molar-refractivity contribution is -0.195. The van der Waals surface area contributed by atoms with Crippen molar-refractivity contribution < 1.29 is 33.3 Å². The normalized spacial score (nSPS) is 18.2. The van der Waals surface area contributed by atoms with E-state index in [1.54, 1.807) is 0 Å². The summed E-state index contributed by atoms with van der Waals surface area (Å²) in [5.74, 6) is -1.56. The standard InChI is InChI=1S/C47H89NO7/c1-6-8-10-12-14-16-18-20-22-24-26-28-30-32-34-36-38-48(39-37-35-33-31-29-27-25-23-21-19-17-15-13-11-9-7-2)40-44-45(52-41(3)49)46(53-42(4)50)47(55-44)54-43(5)51/h44-47H,6-40H2,1-5H3/t44-,45-,46-,47-/m1/s1. The number of ether oxygens (including phenoxy) is 4. The van der Waals surface area contributed by atoms with E-state index in [1.165, 1.54) is 213 Å². The summed E-state index contributed by atoms with van der Waals surface area (Å²) in [5, 5.41) is 0. The molecule has 8 heteroatoms. The third-order valence-corrected chi connectivity index (χ3v) is 11.2. The molecule has 8 nitrogen and oxygen atoms in total. The van der Waals surface area contributed by atoms with Gasteiger partial charge in [-0.15, -0.1) is 0 Å². The average Bonchev–Trinajstić information content (AvgIpc) is 3.43. The fourth-order valence-corrected chi connectivity index (χ4v) is 8.06. The Morgan fingerprint density at radius 2 is 0.673 bits per heavy atom. The van der Waals surface area contributed by atoms with Gasteiger partial charge in [0.1, 0.15) is 6.10 Å². The smallest absolute Gasteiger partial charge is 0.305 e. The minimum atomic E-state index is -1.11. The molecular weight excluding hydrogens is 691 g/mol. The molecule has 4 atom stereocenters. The van der Waals surface area contributed by atoms with Gasteiger partial charge in [-0.05, 0) is 25.9 Å². The molecule has 0 aromatic carbocycles. The molecule has 1 aliphatic heterocycles. The molecule has 1 fully saturated rings. The summed E-state index contributed by atoms with van der Waals surface area (Å²) in [4.78, 5) is 38.4. The molecule has 55 heavy (non-hydrogen) atoms. The predicted molar refractivity (Wildman–Crippen MR) is 227 cm³/mol. The zero-order chi connectivity index (χ0) is 40.2. The number of hydrogen-bond donors (Lipinski definition) is 0. The summed E-state index contributed by atoms with van der Waals surface area (Å²) in [7, 11) is 0. The van der Waals surface area contributed by atoms with Crippen molar-refractivity contribution in [2.75, 3.05) is 19.6 Å². The predicted octanol–water partition coefficient (Wildman–Crippen LogP) is 13.0. The van der Waals surface area contributed by atoms with Crippen LogP contribution in [0.15, 0.2) is 0 Å². The van der Waals surface area contributed by atoms with Crippen LogP contribution in [0.3, 0.4) is 0 Å². The fraction of sp³-hybridized carbons (Fsp3) is 0.936. The summed E-state index contributed by atoms with van der Waals surface area (Å²) >= 11 is 0. The molecule has 0 aromatic rings. The summed E-state index contributed by atoms with van der Waals surface area (Å²) in [6.07, 6.45) is 39.4. The molecule has 0 bridgehead atoms. The van der Waals surface area contributed by atoms with Crippen LogP contribution < -0.4 is 0 Å². The average molecular weight is 780 g/mol. The van der Waals surface area contributed by atoms with E-state index in [0.717, 1.165) is 25.9 Å². The molecule has 1 aliphatic rings. The van der Waals surface area contributed by atoms with Crippen molar-refractivity contribution in [2.24, 2.45) is 0 Å². The highest BCUT2D eigenvalue weighted by atomic mass is 16.7. The zero-order valence-electron chi connectivity index (χ0n) is 36.9. The summed E-state index contributed by atoms with van der Waals surface area (Å²) in [5.41, 5.74) is 0. The van der Waals surface area contributed by atoms with Gasteiger partial charge in [0.2, 0.25) is 12.4 Å². The fourth-order valence-electron chi connectivity index (χ4n) is 8.06. The van der Waals surface area contributed by atoms with Gasteiger partial charge in [0.25, 0.3) is 0 Å². The van der Waals surface area contributed by atoms with Gasteiger partial charge in [-0.25, -0.2) is 0 Å². The van der Waals surface area contributed by atoms with Crippen LogP contribution >= 0.6 is 0 Å². The van der Waals surface area contributed by atoms with Gasteiger partial charge in [-0.3, -0.25) is 14.4 Å². The van der Waals surface area contributed by atoms with Crippen molar-refractivity contribution in [3.63, 3.8) is 0 Å². The number of unbranched alkanes of at least 4 members (excludes halogenated alkanes) is 30. The minimum absolute atomic E-state index is 0.485. The Morgan fingerprint density at radius 3 is 0.964 bits per heavy atom. The molecule has 1 rings (SSSR count). The van der Waals surface area contributed by atoms with Crippen molar-refractivity contribution in [1.29, 1.82) is 0 Å². The van der Waals surface area contributed by atoms with Gasteiger partial charge in [0, 0.05) is 27.3 Å². The van der Waals surface area contributed by atoms with Crippen molar-refractivity contribution in [3.05, 3.63) is 0 Å². The monoisotopic (exact) mass is 780 g/mol. The highest BCUT2D eigenvalue weighted by Crippen LogP contribution is 2.29. The van der Waals surface area contributed by atoms with E-state index in [-0.39, 0.29) is 0 Å². The molecule has 0 radical (unpaired) electrons. The number of carbonyl (C=O) groups excluding carboxylic acids is 3. The van der Waals surface area contributed by atoms with Crippen LogP contribution in [0.2, 0.25) is 0 Å². The topological polar surface area (TPSA) is 91.4 Å². The summed E-state index contributed by atoms with van der Waals surface area (Å²) in [6, 6.07) is 0. The highest BCUT2D eigenvalue weighted by Gasteiger charge is 2.51. The molecule has 0 aliphatic carbocycles. The van der Waals surface area contributed by atoms with E-state index < -0.39 is 42.5 Å². The van der Waals surface area contributed by atoms with Crippen LogP contribution in [-0.4, -0.2) is 67.0 Å². The van der Waals surface area contributed by atoms with Crippen LogP contribution in [0.4, 0.5) is 0 Å². The van der Waals surface area contributed by atoms with Crippen molar-refractivity contribution >= 4 is 17.9 Å². The van der Waals surface area contributed by atoms with Crippen LogP contribution in [-0.2, 0) is 33.3 Å². The van der Waals surface area contributed by atoms with Crippen molar-refractivity contribution in [1.82, 2.24) is 4.90 Å². The Morgan fingerprint density at radius 1 is 0.400 bits per heavy atom. The quantitative estimate of drug-likeness (QED) is 0.0346. The Labute approximate surface area is 339 Å². The third-order valence-electron chi connectivity index (χ3n) is 11.2. The molecule has 0 aromatic heterocycles. The molecular formula is C47H89NO7. The number of esters is 3. The van der Waals surface area contributed by atoms with E-state index in [9.17, 15) is 14.4 Å². The highest BCUT2D eigenvalue weighted by molar-refractivity contribution is 5.68. The van der Waals surface area contributed by atoms with Crippen LogP contribution in [0.1, 0.15) is 240 Å².